The summed E-state index contributed by atoms with van der Waals surface area (Å²) in [5.74, 6) is -2.16. The van der Waals surface area contributed by atoms with Crippen LogP contribution in [0.25, 0.3) is 0 Å². The summed E-state index contributed by atoms with van der Waals surface area (Å²) in [5, 5.41) is 45.6. The highest BCUT2D eigenvalue weighted by molar-refractivity contribution is 5.92. The molecule has 3 aliphatic carbocycles. The predicted octanol–water partition coefficient (Wildman–Crippen LogP) is 0.246. The van der Waals surface area contributed by atoms with E-state index in [1.165, 1.54) is 6.92 Å². The lowest BCUT2D eigenvalue weighted by molar-refractivity contribution is -0.331. The SMILES string of the molecule is CC(=O)O[C@H]1[C@@H]2[C@@]3(O)CO[C@@H]3CC[C@@]2(C)C(=O)[C@H](O)C2=C(C)[C@@H](O)C[C@]1(O)C2(C)C. The molecule has 4 rings (SSSR count). The monoisotopic (exact) mass is 424 g/mol. The molecule has 0 aromatic carbocycles. The molecule has 168 valence electrons. The van der Waals surface area contributed by atoms with E-state index in [0.717, 1.165) is 0 Å². The van der Waals surface area contributed by atoms with Gasteiger partial charge in [-0.25, -0.2) is 0 Å². The number of Topliss-reactive ketones (excluding diaryl/α,β-unsaturated/α-hetero) is 1. The third kappa shape index (κ3) is 2.45. The number of aliphatic hydroxyl groups is 4. The molecule has 0 amide bonds. The van der Waals surface area contributed by atoms with E-state index in [4.69, 9.17) is 9.47 Å². The fraction of sp³-hybridized carbons (Fsp3) is 0.818. The summed E-state index contributed by atoms with van der Waals surface area (Å²) in [6, 6.07) is 0. The van der Waals surface area contributed by atoms with E-state index in [9.17, 15) is 30.0 Å². The van der Waals surface area contributed by atoms with Crippen molar-refractivity contribution in [1.82, 2.24) is 0 Å². The molecule has 2 bridgehead atoms. The average molecular weight is 424 g/mol. The van der Waals surface area contributed by atoms with Crippen LogP contribution in [-0.4, -0.2) is 74.4 Å². The van der Waals surface area contributed by atoms with Crippen molar-refractivity contribution in [2.75, 3.05) is 6.61 Å². The van der Waals surface area contributed by atoms with E-state index in [0.29, 0.717) is 18.4 Å². The Morgan fingerprint density at radius 1 is 1.20 bits per heavy atom. The zero-order chi connectivity index (χ0) is 22.4. The first-order valence-electron chi connectivity index (χ1n) is 10.6. The Morgan fingerprint density at radius 3 is 2.37 bits per heavy atom. The van der Waals surface area contributed by atoms with Gasteiger partial charge in [0.25, 0.3) is 0 Å². The van der Waals surface area contributed by atoms with Crippen LogP contribution in [0, 0.1) is 16.7 Å². The van der Waals surface area contributed by atoms with Crippen LogP contribution in [0.4, 0.5) is 0 Å². The molecule has 1 heterocycles. The molecule has 8 heteroatoms. The van der Waals surface area contributed by atoms with Gasteiger partial charge in [-0.05, 0) is 30.9 Å². The van der Waals surface area contributed by atoms with Crippen molar-refractivity contribution in [2.24, 2.45) is 16.7 Å². The van der Waals surface area contributed by atoms with Crippen LogP contribution in [0.5, 0.6) is 0 Å². The zero-order valence-electron chi connectivity index (χ0n) is 18.1. The minimum atomic E-state index is -1.83. The third-order valence-corrected chi connectivity index (χ3v) is 8.56. The van der Waals surface area contributed by atoms with E-state index in [-0.39, 0.29) is 18.6 Å². The number of carbonyl (C=O) groups is 2. The summed E-state index contributed by atoms with van der Waals surface area (Å²) >= 11 is 0. The number of carbonyl (C=O) groups excluding carboxylic acids is 2. The smallest absolute Gasteiger partial charge is 0.303 e. The molecule has 2 saturated carbocycles. The van der Waals surface area contributed by atoms with Gasteiger partial charge in [-0.15, -0.1) is 0 Å². The molecule has 8 nitrogen and oxygen atoms in total. The number of rotatable bonds is 1. The van der Waals surface area contributed by atoms with E-state index in [1.807, 2.05) is 0 Å². The molecule has 4 aliphatic rings. The summed E-state index contributed by atoms with van der Waals surface area (Å²) in [5.41, 5.74) is -5.09. The van der Waals surface area contributed by atoms with Gasteiger partial charge in [-0.2, -0.15) is 0 Å². The molecule has 8 atom stereocenters. The quantitative estimate of drug-likeness (QED) is 0.348. The standard InChI is InChI=1S/C22H32O8/c1-10-12(24)8-22(28)18(30-11(2)23)16-20(5,7-6-13-21(16,27)9-29-13)17(26)15(25)14(10)19(22,3)4/h12-13,15-16,18,24-25,27-28H,6-9H2,1-5H3/t12-,13+,15+,16-,18-,20+,21+,22+/m0/s1. The highest BCUT2D eigenvalue weighted by Gasteiger charge is 2.74. The number of aliphatic hydroxyl groups excluding tert-OH is 2. The van der Waals surface area contributed by atoms with Crippen molar-refractivity contribution in [2.45, 2.75) is 89.5 Å². The number of ether oxygens (including phenoxy) is 2. The first-order valence-corrected chi connectivity index (χ1v) is 10.6. The third-order valence-electron chi connectivity index (χ3n) is 8.56. The minimum Gasteiger partial charge on any atom is -0.459 e. The molecule has 3 fully saturated rings. The number of fused-ring (bicyclic) bond motifs is 5. The van der Waals surface area contributed by atoms with E-state index in [1.54, 1.807) is 27.7 Å². The van der Waals surface area contributed by atoms with Gasteiger partial charge < -0.3 is 29.9 Å². The van der Waals surface area contributed by atoms with Crippen molar-refractivity contribution in [3.63, 3.8) is 0 Å². The van der Waals surface area contributed by atoms with Gasteiger partial charge in [0, 0.05) is 30.1 Å². The second kappa shape index (κ2) is 6.36. The fourth-order valence-electron chi connectivity index (χ4n) is 6.71. The highest BCUT2D eigenvalue weighted by Crippen LogP contribution is 2.62. The summed E-state index contributed by atoms with van der Waals surface area (Å²) in [7, 11) is 0. The molecule has 0 aromatic heterocycles. The van der Waals surface area contributed by atoms with Crippen LogP contribution < -0.4 is 0 Å². The van der Waals surface area contributed by atoms with Gasteiger partial charge in [0.15, 0.2) is 5.78 Å². The van der Waals surface area contributed by atoms with Crippen LogP contribution in [0.2, 0.25) is 0 Å². The van der Waals surface area contributed by atoms with Crippen molar-refractivity contribution in [1.29, 1.82) is 0 Å². The predicted molar refractivity (Wildman–Crippen MR) is 104 cm³/mol. The summed E-state index contributed by atoms with van der Waals surface area (Å²) < 4.78 is 11.2. The number of hydrogen-bond acceptors (Lipinski definition) is 8. The van der Waals surface area contributed by atoms with E-state index in [2.05, 4.69) is 0 Å². The van der Waals surface area contributed by atoms with Crippen molar-refractivity contribution >= 4 is 11.8 Å². The van der Waals surface area contributed by atoms with Crippen molar-refractivity contribution < 1.29 is 39.5 Å². The number of esters is 1. The molecule has 1 aliphatic heterocycles. The largest absolute Gasteiger partial charge is 0.459 e. The van der Waals surface area contributed by atoms with Gasteiger partial charge in [0.2, 0.25) is 0 Å². The Hall–Kier alpha value is -1.32. The average Bonchev–Trinajstić information content (AvgIpc) is 2.62. The fourth-order valence-corrected chi connectivity index (χ4v) is 6.71. The lowest BCUT2D eigenvalue weighted by atomic mass is 9.45. The normalized spacial score (nSPS) is 49.9. The molecule has 0 radical (unpaired) electrons. The van der Waals surface area contributed by atoms with Crippen LogP contribution in [-0.2, 0) is 19.1 Å². The number of ketones is 1. The Balaban J connectivity index is 2.03. The number of hydrogen-bond donors (Lipinski definition) is 4. The topological polar surface area (TPSA) is 134 Å². The van der Waals surface area contributed by atoms with E-state index >= 15 is 0 Å². The molecule has 0 unspecified atom stereocenters. The van der Waals surface area contributed by atoms with Gasteiger partial charge in [-0.1, -0.05) is 20.8 Å². The molecular weight excluding hydrogens is 392 g/mol. The van der Waals surface area contributed by atoms with Gasteiger partial charge in [-0.3, -0.25) is 9.59 Å². The molecule has 0 spiro atoms. The summed E-state index contributed by atoms with van der Waals surface area (Å²) in [4.78, 5) is 25.9. The lowest BCUT2D eigenvalue weighted by Gasteiger charge is -2.65. The van der Waals surface area contributed by atoms with Crippen LogP contribution in [0.3, 0.4) is 0 Å². The maximum absolute atomic E-state index is 13.7. The summed E-state index contributed by atoms with van der Waals surface area (Å²) in [6.07, 6.45) is -3.93. The lowest BCUT2D eigenvalue weighted by Crippen LogP contribution is -2.78. The Bertz CT molecular complexity index is 833. The molecule has 1 saturated heterocycles. The first-order chi connectivity index (χ1) is 13.7. The van der Waals surface area contributed by atoms with Crippen molar-refractivity contribution in [3.8, 4) is 0 Å². The van der Waals surface area contributed by atoms with Gasteiger partial charge >= 0.3 is 5.97 Å². The Labute approximate surface area is 175 Å². The maximum Gasteiger partial charge on any atom is 0.303 e. The van der Waals surface area contributed by atoms with Crippen LogP contribution in [0.15, 0.2) is 11.1 Å². The van der Waals surface area contributed by atoms with Crippen LogP contribution >= 0.6 is 0 Å². The highest BCUT2D eigenvalue weighted by atomic mass is 16.6. The molecule has 4 N–H and O–H groups in total. The molecule has 30 heavy (non-hydrogen) atoms. The van der Waals surface area contributed by atoms with Crippen molar-refractivity contribution in [3.05, 3.63) is 11.1 Å². The Morgan fingerprint density at radius 2 is 1.83 bits per heavy atom. The molecule has 0 aromatic rings. The first kappa shape index (κ1) is 21.9. The Kier molecular flexibility index (Phi) is 4.64. The van der Waals surface area contributed by atoms with Crippen LogP contribution in [0.1, 0.15) is 53.9 Å². The molecular formula is C22H32O8. The zero-order valence-corrected chi connectivity index (χ0v) is 18.1. The second-order valence-corrected chi connectivity index (χ2v) is 10.4. The maximum atomic E-state index is 13.7. The van der Waals surface area contributed by atoms with Gasteiger partial charge in [0.05, 0.1) is 18.8 Å². The minimum absolute atomic E-state index is 0.0557. The second-order valence-electron chi connectivity index (χ2n) is 10.4. The van der Waals surface area contributed by atoms with E-state index < -0.39 is 64.1 Å². The summed E-state index contributed by atoms with van der Waals surface area (Å²) in [6.45, 7) is 7.82. The van der Waals surface area contributed by atoms with Gasteiger partial charge in [0.1, 0.15) is 23.4 Å².